The van der Waals surface area contributed by atoms with Crippen LogP contribution < -0.4 is 5.32 Å². The molecule has 0 amide bonds. The molecule has 1 atom stereocenters. The number of halogens is 2. The maximum absolute atomic E-state index is 6.08. The molecule has 1 N–H and O–H groups in total. The van der Waals surface area contributed by atoms with Crippen molar-refractivity contribution in [1.29, 1.82) is 0 Å². The van der Waals surface area contributed by atoms with Crippen molar-refractivity contribution in [2.45, 2.75) is 25.3 Å². The Morgan fingerprint density at radius 3 is 2.75 bits per heavy atom. The normalized spacial score (nSPS) is 17.3. The van der Waals surface area contributed by atoms with Crippen molar-refractivity contribution in [3.8, 4) is 0 Å². The molecule has 1 nitrogen and oxygen atoms in total. The second-order valence-corrected chi connectivity index (χ2v) is 5.45. The van der Waals surface area contributed by atoms with Gasteiger partial charge in [0.2, 0.25) is 0 Å². The van der Waals surface area contributed by atoms with E-state index in [1.807, 2.05) is 19.2 Å². The number of rotatable bonds is 3. The summed E-state index contributed by atoms with van der Waals surface area (Å²) in [6, 6.07) is 6.39. The van der Waals surface area contributed by atoms with Gasteiger partial charge in [-0.1, -0.05) is 39.2 Å². The number of hydrogen-bond acceptors (Lipinski definition) is 1. The third-order valence-corrected chi connectivity index (χ3v) is 3.63. The minimum absolute atomic E-state index is 0.303. The van der Waals surface area contributed by atoms with E-state index in [0.29, 0.717) is 6.04 Å². The molecule has 0 radical (unpaired) electrons. The molecule has 0 bridgehead atoms. The van der Waals surface area contributed by atoms with Gasteiger partial charge >= 0.3 is 0 Å². The van der Waals surface area contributed by atoms with E-state index < -0.39 is 0 Å². The van der Waals surface area contributed by atoms with Gasteiger partial charge in [-0.3, -0.25) is 0 Å². The van der Waals surface area contributed by atoms with Gasteiger partial charge in [0, 0.05) is 9.50 Å². The van der Waals surface area contributed by atoms with Crippen LogP contribution in [0, 0.1) is 0 Å². The van der Waals surface area contributed by atoms with Crippen molar-refractivity contribution in [1.82, 2.24) is 5.32 Å². The minimum atomic E-state index is 0.303. The lowest BCUT2D eigenvalue weighted by atomic mass is 9.98. The summed E-state index contributed by atoms with van der Waals surface area (Å²) in [6.45, 7) is 0. The SMILES string of the molecule is CNC(C1=CCCC1)c1cc(Cl)cc(Br)c1. The first kappa shape index (κ1) is 12.2. The van der Waals surface area contributed by atoms with Gasteiger partial charge in [-0.25, -0.2) is 0 Å². The van der Waals surface area contributed by atoms with Gasteiger partial charge in [0.15, 0.2) is 0 Å². The van der Waals surface area contributed by atoms with E-state index >= 15 is 0 Å². The lowest BCUT2D eigenvalue weighted by Gasteiger charge is -2.19. The number of nitrogens with one attached hydrogen (secondary N) is 1. The molecule has 2 rings (SSSR count). The Morgan fingerprint density at radius 1 is 1.38 bits per heavy atom. The highest BCUT2D eigenvalue weighted by molar-refractivity contribution is 9.10. The molecule has 86 valence electrons. The quantitative estimate of drug-likeness (QED) is 0.812. The molecule has 16 heavy (non-hydrogen) atoms. The summed E-state index contributed by atoms with van der Waals surface area (Å²) in [5, 5.41) is 4.15. The van der Waals surface area contributed by atoms with Crippen LogP contribution in [0.5, 0.6) is 0 Å². The second kappa shape index (κ2) is 5.35. The van der Waals surface area contributed by atoms with Crippen LogP contribution in [0.15, 0.2) is 34.3 Å². The average Bonchev–Trinajstić information content (AvgIpc) is 2.70. The fraction of sp³-hybridized carbons (Fsp3) is 0.385. The number of allylic oxidation sites excluding steroid dienone is 1. The van der Waals surface area contributed by atoms with Crippen LogP contribution in [-0.2, 0) is 0 Å². The Morgan fingerprint density at radius 2 is 2.19 bits per heavy atom. The zero-order valence-electron chi connectivity index (χ0n) is 9.26. The topological polar surface area (TPSA) is 12.0 Å². The molecular formula is C13H15BrClN. The average molecular weight is 301 g/mol. The van der Waals surface area contributed by atoms with Gasteiger partial charge in [-0.05, 0) is 50.1 Å². The van der Waals surface area contributed by atoms with Crippen LogP contribution in [0.1, 0.15) is 30.9 Å². The molecule has 0 heterocycles. The largest absolute Gasteiger partial charge is 0.310 e. The first-order valence-corrected chi connectivity index (χ1v) is 6.70. The maximum Gasteiger partial charge on any atom is 0.0534 e. The van der Waals surface area contributed by atoms with Crippen molar-refractivity contribution in [2.75, 3.05) is 7.05 Å². The zero-order valence-corrected chi connectivity index (χ0v) is 11.6. The molecule has 1 unspecified atom stereocenters. The van der Waals surface area contributed by atoms with E-state index in [-0.39, 0.29) is 0 Å². The molecule has 0 aliphatic heterocycles. The van der Waals surface area contributed by atoms with Crippen molar-refractivity contribution in [3.63, 3.8) is 0 Å². The highest BCUT2D eigenvalue weighted by Crippen LogP contribution is 2.32. The van der Waals surface area contributed by atoms with E-state index in [2.05, 4.69) is 33.4 Å². The summed E-state index contributed by atoms with van der Waals surface area (Å²) in [4.78, 5) is 0. The zero-order chi connectivity index (χ0) is 11.5. The van der Waals surface area contributed by atoms with Gasteiger partial charge < -0.3 is 5.32 Å². The van der Waals surface area contributed by atoms with E-state index in [9.17, 15) is 0 Å². The first-order chi connectivity index (χ1) is 7.70. The highest BCUT2D eigenvalue weighted by Gasteiger charge is 2.17. The molecule has 0 saturated carbocycles. The van der Waals surface area contributed by atoms with E-state index in [1.54, 1.807) is 0 Å². The van der Waals surface area contributed by atoms with Gasteiger partial charge in [-0.2, -0.15) is 0 Å². The number of likely N-dealkylation sites (N-methyl/N-ethyl adjacent to an activating group) is 1. The Bertz CT molecular complexity index is 394. The molecular weight excluding hydrogens is 286 g/mol. The predicted octanol–water partition coefficient (Wildman–Crippen LogP) is 4.47. The lowest BCUT2D eigenvalue weighted by molar-refractivity contribution is 0.655. The van der Waals surface area contributed by atoms with Crippen LogP contribution in [0.25, 0.3) is 0 Å². The highest BCUT2D eigenvalue weighted by atomic mass is 79.9. The summed E-state index contributed by atoms with van der Waals surface area (Å²) in [6.07, 6.45) is 6.01. The second-order valence-electron chi connectivity index (χ2n) is 4.10. The van der Waals surface area contributed by atoms with Crippen molar-refractivity contribution >= 4 is 27.5 Å². The summed E-state index contributed by atoms with van der Waals surface area (Å²) < 4.78 is 1.04. The third kappa shape index (κ3) is 2.68. The summed E-state index contributed by atoms with van der Waals surface area (Å²) in [5.41, 5.74) is 2.71. The Hall–Kier alpha value is -0.310. The van der Waals surface area contributed by atoms with Gasteiger partial charge in [0.25, 0.3) is 0 Å². The first-order valence-electron chi connectivity index (χ1n) is 5.53. The van der Waals surface area contributed by atoms with Crippen molar-refractivity contribution in [3.05, 3.63) is 44.9 Å². The van der Waals surface area contributed by atoms with Crippen LogP contribution in [0.3, 0.4) is 0 Å². The van der Waals surface area contributed by atoms with Crippen LogP contribution >= 0.6 is 27.5 Å². The lowest BCUT2D eigenvalue weighted by Crippen LogP contribution is -2.18. The molecule has 1 aliphatic rings. The number of benzene rings is 1. The molecule has 3 heteroatoms. The van der Waals surface area contributed by atoms with Crippen LogP contribution in [0.2, 0.25) is 5.02 Å². The van der Waals surface area contributed by atoms with Crippen molar-refractivity contribution < 1.29 is 0 Å². The van der Waals surface area contributed by atoms with Gasteiger partial charge in [0.05, 0.1) is 6.04 Å². The number of hydrogen-bond donors (Lipinski definition) is 1. The fourth-order valence-corrected chi connectivity index (χ4v) is 3.15. The molecule has 1 aromatic rings. The van der Waals surface area contributed by atoms with Crippen molar-refractivity contribution in [2.24, 2.45) is 0 Å². The smallest absolute Gasteiger partial charge is 0.0534 e. The predicted molar refractivity (Wildman–Crippen MR) is 72.9 cm³/mol. The summed E-state index contributed by atoms with van der Waals surface area (Å²) in [5.74, 6) is 0. The van der Waals surface area contributed by atoms with E-state index in [4.69, 9.17) is 11.6 Å². The Balaban J connectivity index is 2.32. The molecule has 0 fully saturated rings. The molecule has 1 aromatic carbocycles. The monoisotopic (exact) mass is 299 g/mol. The van der Waals surface area contributed by atoms with Crippen LogP contribution in [0.4, 0.5) is 0 Å². The van der Waals surface area contributed by atoms with Gasteiger partial charge in [-0.15, -0.1) is 0 Å². The summed E-state index contributed by atoms with van der Waals surface area (Å²) >= 11 is 9.57. The summed E-state index contributed by atoms with van der Waals surface area (Å²) in [7, 11) is 2.00. The molecule has 0 saturated heterocycles. The van der Waals surface area contributed by atoms with Crippen LogP contribution in [-0.4, -0.2) is 7.05 Å². The van der Waals surface area contributed by atoms with E-state index in [0.717, 1.165) is 9.50 Å². The van der Waals surface area contributed by atoms with Gasteiger partial charge in [0.1, 0.15) is 0 Å². The standard InChI is InChI=1S/C13H15BrClN/c1-16-13(9-4-2-3-5-9)10-6-11(14)8-12(15)7-10/h4,6-8,13,16H,2-3,5H2,1H3. The Labute approximate surface area is 110 Å². The minimum Gasteiger partial charge on any atom is -0.310 e. The van der Waals surface area contributed by atoms with E-state index in [1.165, 1.54) is 30.4 Å². The fourth-order valence-electron chi connectivity index (χ4n) is 2.27. The Kier molecular flexibility index (Phi) is 4.06. The molecule has 0 aromatic heterocycles. The molecule has 0 spiro atoms. The molecule has 1 aliphatic carbocycles. The third-order valence-electron chi connectivity index (χ3n) is 2.95. The maximum atomic E-state index is 6.08.